The number of aryl methyl sites for hydroxylation is 1. The molecule has 0 amide bonds. The van der Waals surface area contributed by atoms with Crippen LogP contribution in [0.15, 0.2) is 24.3 Å². The van der Waals surface area contributed by atoms with Gasteiger partial charge in [-0.1, -0.05) is 32.9 Å². The van der Waals surface area contributed by atoms with Gasteiger partial charge in [0.05, 0.1) is 0 Å². The van der Waals surface area contributed by atoms with E-state index in [0.29, 0.717) is 0 Å². The Hall–Kier alpha value is -1.02. The van der Waals surface area contributed by atoms with Gasteiger partial charge in [0.25, 0.3) is 0 Å². The summed E-state index contributed by atoms with van der Waals surface area (Å²) in [5, 5.41) is 0. The van der Waals surface area contributed by atoms with Crippen LogP contribution in [0, 0.1) is 5.41 Å². The van der Waals surface area contributed by atoms with Crippen LogP contribution in [0.3, 0.4) is 0 Å². The number of piperidine rings is 1. The van der Waals surface area contributed by atoms with Crippen LogP contribution in [0.5, 0.6) is 0 Å². The first kappa shape index (κ1) is 12.4. The SMILES string of the molecule is CCc1ccc(N2CCC(C)(C)C(N)C2)cc1. The highest BCUT2D eigenvalue weighted by molar-refractivity contribution is 5.48. The lowest BCUT2D eigenvalue weighted by Gasteiger charge is -2.43. The summed E-state index contributed by atoms with van der Waals surface area (Å²) in [6.45, 7) is 8.82. The molecule has 17 heavy (non-hydrogen) atoms. The van der Waals surface area contributed by atoms with Crippen molar-refractivity contribution in [2.75, 3.05) is 18.0 Å². The van der Waals surface area contributed by atoms with Crippen molar-refractivity contribution in [2.24, 2.45) is 11.1 Å². The van der Waals surface area contributed by atoms with E-state index in [1.54, 1.807) is 0 Å². The lowest BCUT2D eigenvalue weighted by Crippen LogP contribution is -2.52. The number of benzene rings is 1. The maximum Gasteiger partial charge on any atom is 0.0366 e. The predicted octanol–water partition coefficient (Wildman–Crippen LogP) is 2.81. The molecule has 0 spiro atoms. The topological polar surface area (TPSA) is 29.3 Å². The lowest BCUT2D eigenvalue weighted by atomic mass is 9.78. The number of anilines is 1. The van der Waals surface area contributed by atoms with Crippen LogP contribution in [-0.2, 0) is 6.42 Å². The molecular formula is C15H24N2. The molecule has 94 valence electrons. The molecular weight excluding hydrogens is 208 g/mol. The Morgan fingerprint density at radius 1 is 1.29 bits per heavy atom. The van der Waals surface area contributed by atoms with E-state index in [0.717, 1.165) is 19.5 Å². The van der Waals surface area contributed by atoms with E-state index in [9.17, 15) is 0 Å². The summed E-state index contributed by atoms with van der Waals surface area (Å²) in [6, 6.07) is 9.16. The Bertz CT molecular complexity index is 367. The standard InChI is InChI=1S/C15H24N2/c1-4-12-5-7-13(8-6-12)17-10-9-15(2,3)14(16)11-17/h5-8,14H,4,9-11,16H2,1-3H3. The zero-order chi connectivity index (χ0) is 12.5. The van der Waals surface area contributed by atoms with Gasteiger partial charge in [-0.15, -0.1) is 0 Å². The monoisotopic (exact) mass is 232 g/mol. The van der Waals surface area contributed by atoms with E-state index < -0.39 is 0 Å². The van der Waals surface area contributed by atoms with Gasteiger partial charge < -0.3 is 10.6 Å². The Labute approximate surface area is 105 Å². The van der Waals surface area contributed by atoms with Crippen LogP contribution in [-0.4, -0.2) is 19.1 Å². The highest BCUT2D eigenvalue weighted by Gasteiger charge is 2.32. The van der Waals surface area contributed by atoms with Crippen molar-refractivity contribution in [1.29, 1.82) is 0 Å². The second-order valence-electron chi connectivity index (χ2n) is 5.81. The summed E-state index contributed by atoms with van der Waals surface area (Å²) in [4.78, 5) is 2.41. The summed E-state index contributed by atoms with van der Waals surface area (Å²) in [5.41, 5.74) is 9.24. The zero-order valence-corrected chi connectivity index (χ0v) is 11.2. The fraction of sp³-hybridized carbons (Fsp3) is 0.600. The number of hydrogen-bond donors (Lipinski definition) is 1. The van der Waals surface area contributed by atoms with E-state index in [-0.39, 0.29) is 11.5 Å². The molecule has 2 nitrogen and oxygen atoms in total. The second kappa shape index (κ2) is 4.69. The molecule has 1 heterocycles. The summed E-state index contributed by atoms with van der Waals surface area (Å²) < 4.78 is 0. The molecule has 0 bridgehead atoms. The largest absolute Gasteiger partial charge is 0.370 e. The average molecular weight is 232 g/mol. The van der Waals surface area contributed by atoms with Crippen molar-refractivity contribution < 1.29 is 0 Å². The van der Waals surface area contributed by atoms with E-state index >= 15 is 0 Å². The maximum absolute atomic E-state index is 6.25. The van der Waals surface area contributed by atoms with E-state index in [1.807, 2.05) is 0 Å². The molecule has 1 aliphatic rings. The molecule has 1 unspecified atom stereocenters. The molecule has 1 aromatic carbocycles. The van der Waals surface area contributed by atoms with E-state index in [1.165, 1.54) is 17.7 Å². The molecule has 2 heteroatoms. The van der Waals surface area contributed by atoms with Gasteiger partial charge in [0.15, 0.2) is 0 Å². The molecule has 0 aromatic heterocycles. The van der Waals surface area contributed by atoms with Crippen molar-refractivity contribution in [3.63, 3.8) is 0 Å². The average Bonchev–Trinajstić information content (AvgIpc) is 2.33. The van der Waals surface area contributed by atoms with Crippen LogP contribution >= 0.6 is 0 Å². The van der Waals surface area contributed by atoms with Crippen LogP contribution in [0.4, 0.5) is 5.69 Å². The molecule has 1 atom stereocenters. The van der Waals surface area contributed by atoms with Gasteiger partial charge in [-0.05, 0) is 36.0 Å². The normalized spacial score (nSPS) is 23.8. The van der Waals surface area contributed by atoms with Crippen molar-refractivity contribution in [2.45, 2.75) is 39.7 Å². The Balaban J connectivity index is 2.08. The zero-order valence-electron chi connectivity index (χ0n) is 11.2. The van der Waals surface area contributed by atoms with Gasteiger partial charge >= 0.3 is 0 Å². The van der Waals surface area contributed by atoms with Crippen molar-refractivity contribution in [3.05, 3.63) is 29.8 Å². The van der Waals surface area contributed by atoms with Gasteiger partial charge in [-0.2, -0.15) is 0 Å². The molecule has 2 N–H and O–H groups in total. The molecule has 1 aromatic rings. The first-order valence-corrected chi connectivity index (χ1v) is 6.62. The molecule has 0 saturated carbocycles. The summed E-state index contributed by atoms with van der Waals surface area (Å²) in [6.07, 6.45) is 2.27. The third-order valence-corrected chi connectivity index (χ3v) is 4.16. The molecule has 0 aliphatic carbocycles. The fourth-order valence-corrected chi connectivity index (χ4v) is 2.36. The summed E-state index contributed by atoms with van der Waals surface area (Å²) >= 11 is 0. The third kappa shape index (κ3) is 2.63. The minimum atomic E-state index is 0.266. The maximum atomic E-state index is 6.25. The molecule has 1 fully saturated rings. The lowest BCUT2D eigenvalue weighted by molar-refractivity contribution is 0.235. The first-order chi connectivity index (χ1) is 8.03. The van der Waals surface area contributed by atoms with Crippen molar-refractivity contribution in [3.8, 4) is 0 Å². The minimum Gasteiger partial charge on any atom is -0.370 e. The highest BCUT2D eigenvalue weighted by Crippen LogP contribution is 2.31. The van der Waals surface area contributed by atoms with E-state index in [2.05, 4.69) is 49.9 Å². The van der Waals surface area contributed by atoms with Gasteiger partial charge in [0.2, 0.25) is 0 Å². The number of nitrogens with two attached hydrogens (primary N) is 1. The molecule has 0 radical (unpaired) electrons. The van der Waals surface area contributed by atoms with E-state index in [4.69, 9.17) is 5.73 Å². The summed E-state index contributed by atoms with van der Waals surface area (Å²) in [5.74, 6) is 0. The van der Waals surface area contributed by atoms with Crippen molar-refractivity contribution in [1.82, 2.24) is 0 Å². The van der Waals surface area contributed by atoms with Crippen LogP contribution in [0.2, 0.25) is 0 Å². The van der Waals surface area contributed by atoms with Gasteiger partial charge in [0.1, 0.15) is 0 Å². The predicted molar refractivity (Wildman–Crippen MR) is 74.4 cm³/mol. The summed E-state index contributed by atoms with van der Waals surface area (Å²) in [7, 11) is 0. The Morgan fingerprint density at radius 3 is 2.47 bits per heavy atom. The third-order valence-electron chi connectivity index (χ3n) is 4.16. The Kier molecular flexibility index (Phi) is 3.43. The number of nitrogens with zero attached hydrogens (tertiary/aromatic N) is 1. The number of hydrogen-bond acceptors (Lipinski definition) is 2. The second-order valence-corrected chi connectivity index (χ2v) is 5.81. The van der Waals surface area contributed by atoms with Crippen LogP contribution in [0.25, 0.3) is 0 Å². The minimum absolute atomic E-state index is 0.266. The van der Waals surface area contributed by atoms with Crippen molar-refractivity contribution >= 4 is 5.69 Å². The molecule has 2 rings (SSSR count). The highest BCUT2D eigenvalue weighted by atomic mass is 15.2. The molecule has 1 saturated heterocycles. The number of rotatable bonds is 2. The van der Waals surface area contributed by atoms with Gasteiger partial charge in [-0.25, -0.2) is 0 Å². The first-order valence-electron chi connectivity index (χ1n) is 6.62. The van der Waals surface area contributed by atoms with Gasteiger partial charge in [0, 0.05) is 24.8 Å². The Morgan fingerprint density at radius 2 is 1.94 bits per heavy atom. The quantitative estimate of drug-likeness (QED) is 0.849. The van der Waals surface area contributed by atoms with Gasteiger partial charge in [-0.3, -0.25) is 0 Å². The fourth-order valence-electron chi connectivity index (χ4n) is 2.36. The van der Waals surface area contributed by atoms with Crippen LogP contribution < -0.4 is 10.6 Å². The molecule has 1 aliphatic heterocycles. The van der Waals surface area contributed by atoms with Crippen LogP contribution in [0.1, 0.15) is 32.8 Å². The smallest absolute Gasteiger partial charge is 0.0366 e.